The number of benzene rings is 2. The minimum absolute atomic E-state index is 0.273. The average molecular weight is 400 g/mol. The van der Waals surface area contributed by atoms with Crippen molar-refractivity contribution >= 4 is 23.2 Å². The monoisotopic (exact) mass is 399 g/mol. The molecule has 0 fully saturated rings. The summed E-state index contributed by atoms with van der Waals surface area (Å²) in [5.41, 5.74) is 3.23. The summed E-state index contributed by atoms with van der Waals surface area (Å²) in [4.78, 5) is 4.59. The molecule has 138 valence electrons. The molecular formula is C22H19Cl2NO2. The second-order valence-electron chi connectivity index (χ2n) is 6.45. The van der Waals surface area contributed by atoms with Crippen molar-refractivity contribution < 1.29 is 9.47 Å². The predicted molar refractivity (Wildman–Crippen MR) is 108 cm³/mol. The van der Waals surface area contributed by atoms with Crippen molar-refractivity contribution in [3.05, 3.63) is 88.2 Å². The van der Waals surface area contributed by atoms with E-state index in [9.17, 15) is 0 Å². The number of pyridine rings is 1. The minimum Gasteiger partial charge on any atom is -0.455 e. The van der Waals surface area contributed by atoms with Crippen LogP contribution in [0.4, 0.5) is 0 Å². The van der Waals surface area contributed by atoms with Crippen molar-refractivity contribution in [2.45, 2.75) is 31.4 Å². The van der Waals surface area contributed by atoms with Gasteiger partial charge in [-0.3, -0.25) is 4.98 Å². The van der Waals surface area contributed by atoms with Crippen LogP contribution in [0, 0.1) is 0 Å². The largest absolute Gasteiger partial charge is 0.455 e. The SMILES string of the molecule is CCC1(c2ccc(Cl)cc2)OCc2c1cnc(CCl)c2Oc1ccccc1. The zero-order chi connectivity index (χ0) is 18.9. The number of nitrogens with zero attached hydrogens (tertiary/aromatic N) is 1. The predicted octanol–water partition coefficient (Wildman–Crippen LogP) is 6.45. The maximum atomic E-state index is 6.36. The summed E-state index contributed by atoms with van der Waals surface area (Å²) in [6.45, 7) is 2.55. The number of fused-ring (bicyclic) bond motifs is 1. The van der Waals surface area contributed by atoms with Gasteiger partial charge in [0, 0.05) is 22.3 Å². The summed E-state index contributed by atoms with van der Waals surface area (Å²) in [7, 11) is 0. The Morgan fingerprint density at radius 2 is 1.85 bits per heavy atom. The summed E-state index contributed by atoms with van der Waals surface area (Å²) in [5.74, 6) is 1.72. The van der Waals surface area contributed by atoms with Gasteiger partial charge < -0.3 is 9.47 Å². The number of hydrogen-bond donors (Lipinski definition) is 0. The fraction of sp³-hybridized carbons (Fsp3) is 0.227. The normalized spacial score (nSPS) is 18.3. The number of aromatic nitrogens is 1. The quantitative estimate of drug-likeness (QED) is 0.461. The van der Waals surface area contributed by atoms with Crippen molar-refractivity contribution in [2.24, 2.45) is 0 Å². The maximum absolute atomic E-state index is 6.36. The molecule has 0 amide bonds. The van der Waals surface area contributed by atoms with Gasteiger partial charge in [0.2, 0.25) is 0 Å². The molecular weight excluding hydrogens is 381 g/mol. The Labute approximate surface area is 168 Å². The van der Waals surface area contributed by atoms with E-state index in [1.165, 1.54) is 0 Å². The van der Waals surface area contributed by atoms with Crippen LogP contribution < -0.4 is 4.74 Å². The zero-order valence-electron chi connectivity index (χ0n) is 14.9. The van der Waals surface area contributed by atoms with Gasteiger partial charge in [-0.05, 0) is 36.2 Å². The van der Waals surface area contributed by atoms with E-state index in [-0.39, 0.29) is 5.88 Å². The molecule has 1 aromatic heterocycles. The Balaban J connectivity index is 1.84. The van der Waals surface area contributed by atoms with Gasteiger partial charge in [-0.2, -0.15) is 0 Å². The molecule has 2 heterocycles. The fourth-order valence-electron chi connectivity index (χ4n) is 3.62. The van der Waals surface area contributed by atoms with Crippen molar-refractivity contribution in [2.75, 3.05) is 0 Å². The number of alkyl halides is 1. The molecule has 5 heteroatoms. The van der Waals surface area contributed by atoms with Gasteiger partial charge in [0.25, 0.3) is 0 Å². The van der Waals surface area contributed by atoms with Crippen LogP contribution in [0.15, 0.2) is 60.8 Å². The first-order valence-corrected chi connectivity index (χ1v) is 9.79. The molecule has 3 aromatic rings. The summed E-state index contributed by atoms with van der Waals surface area (Å²) in [5, 5.41) is 0.701. The van der Waals surface area contributed by atoms with Crippen molar-refractivity contribution in [1.82, 2.24) is 4.98 Å². The highest BCUT2D eigenvalue weighted by atomic mass is 35.5. The standard InChI is InChI=1S/C22H19Cl2NO2/c1-2-22(15-8-10-16(24)11-9-15)19-13-25-20(12-23)21(18(19)14-26-22)27-17-6-4-3-5-7-17/h3-11,13H,2,12,14H2,1H3. The van der Waals surface area contributed by atoms with E-state index in [1.807, 2.05) is 60.8 Å². The maximum Gasteiger partial charge on any atom is 0.156 e. The number of para-hydroxylation sites is 1. The Morgan fingerprint density at radius 3 is 2.52 bits per heavy atom. The van der Waals surface area contributed by atoms with Crippen LogP contribution in [0.2, 0.25) is 5.02 Å². The smallest absolute Gasteiger partial charge is 0.156 e. The Bertz CT molecular complexity index is 945. The molecule has 1 unspecified atom stereocenters. The lowest BCUT2D eigenvalue weighted by Gasteiger charge is -2.29. The highest BCUT2D eigenvalue weighted by Gasteiger charge is 2.42. The van der Waals surface area contributed by atoms with Crippen LogP contribution in [-0.4, -0.2) is 4.98 Å². The van der Waals surface area contributed by atoms with Crippen molar-refractivity contribution in [3.63, 3.8) is 0 Å². The van der Waals surface area contributed by atoms with E-state index >= 15 is 0 Å². The van der Waals surface area contributed by atoms with Crippen LogP contribution >= 0.6 is 23.2 Å². The summed E-state index contributed by atoms with van der Waals surface area (Å²) >= 11 is 12.2. The van der Waals surface area contributed by atoms with Crippen LogP contribution in [0.3, 0.4) is 0 Å². The third-order valence-electron chi connectivity index (χ3n) is 5.01. The molecule has 1 aliphatic heterocycles. The van der Waals surface area contributed by atoms with E-state index in [4.69, 9.17) is 32.7 Å². The highest BCUT2D eigenvalue weighted by Crippen LogP contribution is 2.48. The van der Waals surface area contributed by atoms with Crippen molar-refractivity contribution in [3.8, 4) is 11.5 Å². The molecule has 27 heavy (non-hydrogen) atoms. The average Bonchev–Trinajstić information content (AvgIpc) is 3.10. The van der Waals surface area contributed by atoms with Gasteiger partial charge >= 0.3 is 0 Å². The molecule has 0 N–H and O–H groups in total. The molecule has 4 rings (SSSR count). The first-order valence-electron chi connectivity index (χ1n) is 8.88. The Kier molecular flexibility index (Phi) is 5.09. The fourth-order valence-corrected chi connectivity index (χ4v) is 3.93. The first kappa shape index (κ1) is 18.3. The molecule has 0 saturated heterocycles. The highest BCUT2D eigenvalue weighted by molar-refractivity contribution is 6.30. The van der Waals surface area contributed by atoms with Crippen LogP contribution in [-0.2, 0) is 22.8 Å². The van der Waals surface area contributed by atoms with Gasteiger partial charge in [0.15, 0.2) is 5.75 Å². The molecule has 2 aromatic carbocycles. The van der Waals surface area contributed by atoms with Gasteiger partial charge in [-0.15, -0.1) is 11.6 Å². The van der Waals surface area contributed by atoms with Gasteiger partial charge in [0.05, 0.1) is 18.2 Å². The Morgan fingerprint density at radius 1 is 1.11 bits per heavy atom. The molecule has 0 saturated carbocycles. The van der Waals surface area contributed by atoms with Gasteiger partial charge in [-0.1, -0.05) is 48.9 Å². The van der Waals surface area contributed by atoms with Crippen LogP contribution in [0.25, 0.3) is 0 Å². The van der Waals surface area contributed by atoms with Crippen LogP contribution in [0.5, 0.6) is 11.5 Å². The molecule has 3 nitrogen and oxygen atoms in total. The first-order chi connectivity index (χ1) is 13.2. The molecule has 0 radical (unpaired) electrons. The third kappa shape index (κ3) is 3.20. The number of halogens is 2. The second kappa shape index (κ2) is 7.51. The second-order valence-corrected chi connectivity index (χ2v) is 7.15. The molecule has 0 spiro atoms. The van der Waals surface area contributed by atoms with E-state index in [2.05, 4.69) is 11.9 Å². The topological polar surface area (TPSA) is 31.4 Å². The summed E-state index contributed by atoms with van der Waals surface area (Å²) in [6.07, 6.45) is 2.64. The lowest BCUT2D eigenvalue weighted by molar-refractivity contribution is -0.00832. The lowest BCUT2D eigenvalue weighted by atomic mass is 9.84. The molecule has 1 atom stereocenters. The summed E-state index contributed by atoms with van der Waals surface area (Å²) in [6, 6.07) is 17.4. The third-order valence-corrected chi connectivity index (χ3v) is 5.51. The van der Waals surface area contributed by atoms with E-state index in [0.29, 0.717) is 23.1 Å². The number of rotatable bonds is 5. The lowest BCUT2D eigenvalue weighted by Crippen LogP contribution is -2.26. The van der Waals surface area contributed by atoms with Crippen LogP contribution in [0.1, 0.15) is 35.7 Å². The van der Waals surface area contributed by atoms with Gasteiger partial charge in [0.1, 0.15) is 11.4 Å². The minimum atomic E-state index is -0.563. The van der Waals surface area contributed by atoms with E-state index in [1.54, 1.807) is 0 Å². The zero-order valence-corrected chi connectivity index (χ0v) is 16.4. The van der Waals surface area contributed by atoms with Crippen molar-refractivity contribution in [1.29, 1.82) is 0 Å². The molecule has 0 bridgehead atoms. The molecule has 0 aliphatic carbocycles. The Hall–Kier alpha value is -2.07. The summed E-state index contributed by atoms with van der Waals surface area (Å²) < 4.78 is 12.5. The number of ether oxygens (including phenoxy) is 2. The molecule has 1 aliphatic rings. The van der Waals surface area contributed by atoms with E-state index < -0.39 is 5.60 Å². The van der Waals surface area contributed by atoms with Gasteiger partial charge in [-0.25, -0.2) is 0 Å². The number of hydrogen-bond acceptors (Lipinski definition) is 3. The van der Waals surface area contributed by atoms with E-state index in [0.717, 1.165) is 28.9 Å².